The lowest BCUT2D eigenvalue weighted by Gasteiger charge is -2.07. The zero-order valence-corrected chi connectivity index (χ0v) is 15.0. The number of rotatable bonds is 3. The third-order valence-corrected chi connectivity index (χ3v) is 5.43. The van der Waals surface area contributed by atoms with Crippen molar-refractivity contribution >= 4 is 5.91 Å². The number of hydrogen-bond acceptors (Lipinski definition) is 4. The molecule has 1 aliphatic carbocycles. The average Bonchev–Trinajstić information content (AvgIpc) is 3.17. The third kappa shape index (κ3) is 2.58. The molecule has 1 fully saturated rings. The largest absolute Gasteiger partial charge is 0.327 e. The normalized spacial score (nSPS) is 17.8. The van der Waals surface area contributed by atoms with E-state index in [0.29, 0.717) is 23.8 Å². The standard InChI is InChI=1S/C20H19N5O2/c1-12-15(19(27)24-11-17(24)13-6-3-2-4-7-13)10-21-25(12)20-22-16-9-5-8-14(16)18(26)23-20/h2-4,6-7,10,17H,5,8-9,11H2,1H3,(H,22,23,26). The predicted molar refractivity (Wildman–Crippen MR) is 99.0 cm³/mol. The molecule has 0 spiro atoms. The van der Waals surface area contributed by atoms with Gasteiger partial charge in [-0.05, 0) is 31.7 Å². The highest BCUT2D eigenvalue weighted by Crippen LogP contribution is 2.36. The Morgan fingerprint density at radius 3 is 2.85 bits per heavy atom. The molecule has 1 unspecified atom stereocenters. The third-order valence-electron chi connectivity index (χ3n) is 5.43. The minimum Gasteiger partial charge on any atom is -0.327 e. The van der Waals surface area contributed by atoms with E-state index in [1.807, 2.05) is 42.2 Å². The van der Waals surface area contributed by atoms with Gasteiger partial charge in [0.1, 0.15) is 0 Å². The van der Waals surface area contributed by atoms with Gasteiger partial charge in [0.05, 0.1) is 29.2 Å². The molecular formula is C20H19N5O2. The van der Waals surface area contributed by atoms with Crippen LogP contribution in [-0.2, 0) is 12.8 Å². The van der Waals surface area contributed by atoms with E-state index < -0.39 is 0 Å². The summed E-state index contributed by atoms with van der Waals surface area (Å²) in [5.41, 5.74) is 3.86. The summed E-state index contributed by atoms with van der Waals surface area (Å²) in [5, 5.41) is 4.32. The van der Waals surface area contributed by atoms with Crippen molar-refractivity contribution < 1.29 is 4.79 Å². The van der Waals surface area contributed by atoms with Crippen molar-refractivity contribution in [1.29, 1.82) is 0 Å². The van der Waals surface area contributed by atoms with Crippen LogP contribution < -0.4 is 5.56 Å². The second-order valence-electron chi connectivity index (χ2n) is 7.11. The molecule has 3 heterocycles. The minimum absolute atomic E-state index is 0.0453. The van der Waals surface area contributed by atoms with Gasteiger partial charge in [-0.25, -0.2) is 9.67 Å². The number of nitrogens with zero attached hydrogens (tertiary/aromatic N) is 4. The Balaban J connectivity index is 1.44. The fourth-order valence-corrected chi connectivity index (χ4v) is 3.84. The molecule has 5 rings (SSSR count). The number of H-pyrrole nitrogens is 1. The van der Waals surface area contributed by atoms with Crippen molar-refractivity contribution in [3.63, 3.8) is 0 Å². The SMILES string of the molecule is Cc1c(C(=O)N2CC2c2ccccc2)cnn1-c1nc2c(c(=O)[nH]1)CCC2. The van der Waals surface area contributed by atoms with Crippen molar-refractivity contribution in [3.8, 4) is 5.95 Å². The van der Waals surface area contributed by atoms with Crippen LogP contribution in [0, 0.1) is 6.92 Å². The molecule has 0 saturated carbocycles. The summed E-state index contributed by atoms with van der Waals surface area (Å²) < 4.78 is 1.55. The van der Waals surface area contributed by atoms with Gasteiger partial charge in [0.15, 0.2) is 0 Å². The summed E-state index contributed by atoms with van der Waals surface area (Å²) >= 11 is 0. The summed E-state index contributed by atoms with van der Waals surface area (Å²) in [7, 11) is 0. The second-order valence-corrected chi connectivity index (χ2v) is 7.11. The molecule has 2 aromatic heterocycles. The van der Waals surface area contributed by atoms with Crippen molar-refractivity contribution in [3.05, 3.63) is 75.0 Å². The van der Waals surface area contributed by atoms with Gasteiger partial charge in [0.25, 0.3) is 11.5 Å². The Kier molecular flexibility index (Phi) is 3.50. The van der Waals surface area contributed by atoms with E-state index in [1.165, 1.54) is 0 Å². The van der Waals surface area contributed by atoms with Crippen LogP contribution in [0.25, 0.3) is 5.95 Å². The van der Waals surface area contributed by atoms with Gasteiger partial charge in [-0.15, -0.1) is 0 Å². The number of fused-ring (bicyclic) bond motifs is 1. The number of aromatic nitrogens is 4. The molecule has 1 saturated heterocycles. The number of hydrogen-bond donors (Lipinski definition) is 1. The number of aryl methyl sites for hydroxylation is 1. The quantitative estimate of drug-likeness (QED) is 0.723. The van der Waals surface area contributed by atoms with E-state index >= 15 is 0 Å². The zero-order valence-electron chi connectivity index (χ0n) is 15.0. The lowest BCUT2D eigenvalue weighted by Crippen LogP contribution is -2.19. The molecule has 7 nitrogen and oxygen atoms in total. The number of carbonyl (C=O) groups excluding carboxylic acids is 1. The van der Waals surface area contributed by atoms with Gasteiger partial charge in [-0.3, -0.25) is 14.6 Å². The predicted octanol–water partition coefficient (Wildman–Crippen LogP) is 1.95. The number of amides is 1. The molecule has 0 bridgehead atoms. The van der Waals surface area contributed by atoms with Gasteiger partial charge >= 0.3 is 0 Å². The molecule has 27 heavy (non-hydrogen) atoms. The highest BCUT2D eigenvalue weighted by atomic mass is 16.2. The van der Waals surface area contributed by atoms with E-state index in [0.717, 1.165) is 36.1 Å². The first kappa shape index (κ1) is 16.0. The topological polar surface area (TPSA) is 83.7 Å². The lowest BCUT2D eigenvalue weighted by atomic mass is 10.1. The number of nitrogens with one attached hydrogen (secondary N) is 1. The maximum absolute atomic E-state index is 12.9. The van der Waals surface area contributed by atoms with Crippen LogP contribution in [0.5, 0.6) is 0 Å². The van der Waals surface area contributed by atoms with Crippen molar-refractivity contribution in [1.82, 2.24) is 24.6 Å². The van der Waals surface area contributed by atoms with Crippen molar-refractivity contribution in [2.45, 2.75) is 32.2 Å². The molecule has 1 aromatic carbocycles. The molecule has 1 atom stereocenters. The minimum atomic E-state index is -0.106. The summed E-state index contributed by atoms with van der Waals surface area (Å²) in [4.78, 5) is 34.3. The first-order chi connectivity index (χ1) is 13.1. The van der Waals surface area contributed by atoms with Gasteiger partial charge in [0.2, 0.25) is 5.95 Å². The Morgan fingerprint density at radius 2 is 2.04 bits per heavy atom. The Labute approximate surface area is 155 Å². The van der Waals surface area contributed by atoms with Crippen LogP contribution >= 0.6 is 0 Å². The van der Waals surface area contributed by atoms with Gasteiger partial charge in [0, 0.05) is 12.1 Å². The van der Waals surface area contributed by atoms with Crippen molar-refractivity contribution in [2.24, 2.45) is 0 Å². The van der Waals surface area contributed by atoms with E-state index in [2.05, 4.69) is 15.1 Å². The van der Waals surface area contributed by atoms with Crippen molar-refractivity contribution in [2.75, 3.05) is 6.54 Å². The summed E-state index contributed by atoms with van der Waals surface area (Å²) in [6.45, 7) is 2.54. The fourth-order valence-electron chi connectivity index (χ4n) is 3.84. The monoisotopic (exact) mass is 361 g/mol. The van der Waals surface area contributed by atoms with E-state index in [9.17, 15) is 9.59 Å². The molecule has 136 valence electrons. The molecule has 2 aliphatic rings. The van der Waals surface area contributed by atoms with Crippen LogP contribution in [0.1, 0.15) is 45.3 Å². The summed E-state index contributed by atoms with van der Waals surface area (Å²) in [5.74, 6) is 0.332. The van der Waals surface area contributed by atoms with Crippen LogP contribution in [0.3, 0.4) is 0 Å². The van der Waals surface area contributed by atoms with Crippen LogP contribution in [-0.4, -0.2) is 37.1 Å². The van der Waals surface area contributed by atoms with Crippen LogP contribution in [0.4, 0.5) is 0 Å². The van der Waals surface area contributed by atoms with E-state index in [1.54, 1.807) is 10.9 Å². The van der Waals surface area contributed by atoms with Gasteiger partial charge in [-0.1, -0.05) is 30.3 Å². The number of aromatic amines is 1. The molecule has 0 radical (unpaired) electrons. The maximum Gasteiger partial charge on any atom is 0.258 e. The Bertz CT molecular complexity index is 1100. The molecular weight excluding hydrogens is 342 g/mol. The highest BCUT2D eigenvalue weighted by molar-refractivity contribution is 5.97. The number of benzene rings is 1. The summed E-state index contributed by atoms with van der Waals surface area (Å²) in [6, 6.07) is 10.1. The first-order valence-corrected chi connectivity index (χ1v) is 9.16. The highest BCUT2D eigenvalue weighted by Gasteiger charge is 2.41. The molecule has 1 aliphatic heterocycles. The van der Waals surface area contributed by atoms with Crippen LogP contribution in [0.15, 0.2) is 41.3 Å². The van der Waals surface area contributed by atoms with Gasteiger partial charge in [-0.2, -0.15) is 5.10 Å². The number of carbonyl (C=O) groups is 1. The van der Waals surface area contributed by atoms with Crippen LogP contribution in [0.2, 0.25) is 0 Å². The lowest BCUT2D eigenvalue weighted by molar-refractivity contribution is 0.0873. The summed E-state index contributed by atoms with van der Waals surface area (Å²) in [6.07, 6.45) is 4.10. The maximum atomic E-state index is 12.9. The fraction of sp³-hybridized carbons (Fsp3) is 0.300. The first-order valence-electron chi connectivity index (χ1n) is 9.16. The molecule has 7 heteroatoms. The average molecular weight is 361 g/mol. The molecule has 3 aromatic rings. The van der Waals surface area contributed by atoms with Gasteiger partial charge < -0.3 is 4.90 Å². The molecule has 1 amide bonds. The Morgan fingerprint density at radius 1 is 1.22 bits per heavy atom. The molecule has 1 N–H and O–H groups in total. The van der Waals surface area contributed by atoms with E-state index in [-0.39, 0.29) is 17.5 Å². The second kappa shape index (κ2) is 5.90. The Hall–Kier alpha value is -3.22. The van der Waals surface area contributed by atoms with E-state index in [4.69, 9.17) is 0 Å². The zero-order chi connectivity index (χ0) is 18.5. The smallest absolute Gasteiger partial charge is 0.258 e.